The van der Waals surface area contributed by atoms with E-state index in [1.807, 2.05) is 0 Å². The first-order valence-electron chi connectivity index (χ1n) is 6.09. The standard InChI is InChI=1S/C12H28N.2BrH/c1-5-9-13(10-6-2,11-7-3)12-8-4;;/h5-12H2,1-4H3;2*1H/q+1;;/p-1. The first kappa shape index (κ1) is 21.2. The molecule has 3 heteroatoms. The minimum atomic E-state index is 0. The first-order valence-corrected chi connectivity index (χ1v) is 6.09. The third kappa shape index (κ3) is 8.70. The Balaban J connectivity index is -0.000000720. The molecule has 0 aliphatic carbocycles. The summed E-state index contributed by atoms with van der Waals surface area (Å²) in [6, 6.07) is 0. The van der Waals surface area contributed by atoms with Gasteiger partial charge in [0.25, 0.3) is 0 Å². The summed E-state index contributed by atoms with van der Waals surface area (Å²) in [5, 5.41) is 0. The molecule has 1 nitrogen and oxygen atoms in total. The van der Waals surface area contributed by atoms with E-state index in [4.69, 9.17) is 0 Å². The molecule has 0 heterocycles. The van der Waals surface area contributed by atoms with Crippen LogP contribution in [0, 0.1) is 0 Å². The number of hydrogen-bond acceptors (Lipinski definition) is 0. The Morgan fingerprint density at radius 2 is 0.800 bits per heavy atom. The van der Waals surface area contributed by atoms with Crippen molar-refractivity contribution in [1.29, 1.82) is 0 Å². The van der Waals surface area contributed by atoms with Gasteiger partial charge in [-0.1, -0.05) is 27.7 Å². The van der Waals surface area contributed by atoms with Crippen LogP contribution in [0.3, 0.4) is 0 Å². The van der Waals surface area contributed by atoms with Gasteiger partial charge in [0.15, 0.2) is 0 Å². The Hall–Kier alpha value is 0.920. The van der Waals surface area contributed by atoms with E-state index in [9.17, 15) is 0 Å². The third-order valence-electron chi connectivity index (χ3n) is 2.79. The van der Waals surface area contributed by atoms with Crippen LogP contribution in [0.5, 0.6) is 0 Å². The zero-order valence-corrected chi connectivity index (χ0v) is 14.2. The van der Waals surface area contributed by atoms with Gasteiger partial charge in [-0.2, -0.15) is 0 Å². The number of hydrogen-bond donors (Lipinski definition) is 0. The molecule has 96 valence electrons. The second kappa shape index (κ2) is 13.0. The smallest absolute Gasteiger partial charge is 0.0783 e. The second-order valence-electron chi connectivity index (χ2n) is 4.24. The second-order valence-corrected chi connectivity index (χ2v) is 4.24. The summed E-state index contributed by atoms with van der Waals surface area (Å²) < 4.78 is 1.38. The van der Waals surface area contributed by atoms with Crippen LogP contribution in [0.4, 0.5) is 0 Å². The lowest BCUT2D eigenvalue weighted by Crippen LogP contribution is -3.00. The van der Waals surface area contributed by atoms with E-state index in [0.717, 1.165) is 0 Å². The van der Waals surface area contributed by atoms with Gasteiger partial charge < -0.3 is 21.5 Å². The topological polar surface area (TPSA) is 0 Å². The van der Waals surface area contributed by atoms with Gasteiger partial charge in [0, 0.05) is 0 Å². The van der Waals surface area contributed by atoms with Crippen LogP contribution in [-0.2, 0) is 0 Å². The maximum Gasteiger partial charge on any atom is 0.0783 e. The fourth-order valence-electron chi connectivity index (χ4n) is 2.57. The molecule has 0 saturated heterocycles. The SMILES string of the molecule is Br.CCC[N+](CCC)(CCC)CCC.[Br-]. The monoisotopic (exact) mass is 345 g/mol. The van der Waals surface area contributed by atoms with Crippen molar-refractivity contribution in [3.63, 3.8) is 0 Å². The zero-order chi connectivity index (χ0) is 10.2. The molecule has 15 heavy (non-hydrogen) atoms. The Labute approximate surface area is 118 Å². The summed E-state index contributed by atoms with van der Waals surface area (Å²) in [7, 11) is 0. The summed E-state index contributed by atoms with van der Waals surface area (Å²) in [6.07, 6.45) is 5.33. The summed E-state index contributed by atoms with van der Waals surface area (Å²) >= 11 is 0. The van der Waals surface area contributed by atoms with Crippen molar-refractivity contribution in [2.24, 2.45) is 0 Å². The molecule has 0 saturated carbocycles. The highest BCUT2D eigenvalue weighted by Gasteiger charge is 2.22. The van der Waals surface area contributed by atoms with E-state index in [1.54, 1.807) is 0 Å². The van der Waals surface area contributed by atoms with Crippen LogP contribution in [0.15, 0.2) is 0 Å². The van der Waals surface area contributed by atoms with Crippen LogP contribution in [0.25, 0.3) is 0 Å². The van der Waals surface area contributed by atoms with E-state index >= 15 is 0 Å². The highest BCUT2D eigenvalue weighted by molar-refractivity contribution is 8.93. The summed E-state index contributed by atoms with van der Waals surface area (Å²) in [4.78, 5) is 0. The molecule has 0 spiro atoms. The molecule has 0 aromatic heterocycles. The van der Waals surface area contributed by atoms with Gasteiger partial charge in [0.1, 0.15) is 0 Å². The Morgan fingerprint density at radius 3 is 0.933 bits per heavy atom. The van der Waals surface area contributed by atoms with Crippen molar-refractivity contribution >= 4 is 17.0 Å². The van der Waals surface area contributed by atoms with Gasteiger partial charge in [-0.25, -0.2) is 0 Å². The predicted octanol–water partition coefficient (Wildman–Crippen LogP) is 1.03. The van der Waals surface area contributed by atoms with E-state index in [2.05, 4.69) is 27.7 Å². The minimum absolute atomic E-state index is 0. The highest BCUT2D eigenvalue weighted by Crippen LogP contribution is 2.12. The Morgan fingerprint density at radius 1 is 0.600 bits per heavy atom. The lowest BCUT2D eigenvalue weighted by molar-refractivity contribution is -0.928. The van der Waals surface area contributed by atoms with Crippen molar-refractivity contribution in [3.05, 3.63) is 0 Å². The highest BCUT2D eigenvalue weighted by atomic mass is 79.9. The number of rotatable bonds is 8. The largest absolute Gasteiger partial charge is 1.00 e. The molecule has 0 aliphatic heterocycles. The lowest BCUT2D eigenvalue weighted by Gasteiger charge is -2.38. The maximum atomic E-state index is 2.31. The summed E-state index contributed by atoms with van der Waals surface area (Å²) in [6.45, 7) is 14.8. The summed E-state index contributed by atoms with van der Waals surface area (Å²) in [5.41, 5.74) is 0. The molecule has 0 atom stereocenters. The van der Waals surface area contributed by atoms with Gasteiger partial charge >= 0.3 is 0 Å². The predicted molar refractivity (Wildman–Crippen MR) is 71.2 cm³/mol. The third-order valence-corrected chi connectivity index (χ3v) is 2.79. The molecular formula is C12H29Br2N. The fraction of sp³-hybridized carbons (Fsp3) is 1.00. The van der Waals surface area contributed by atoms with Crippen LogP contribution in [0.2, 0.25) is 0 Å². The molecule has 0 radical (unpaired) electrons. The molecular weight excluding hydrogens is 318 g/mol. The maximum absolute atomic E-state index is 2.31. The molecule has 0 amide bonds. The average Bonchev–Trinajstić information content (AvgIpc) is 2.06. The van der Waals surface area contributed by atoms with Crippen LogP contribution >= 0.6 is 17.0 Å². The minimum Gasteiger partial charge on any atom is -1.00 e. The van der Waals surface area contributed by atoms with E-state index in [-0.39, 0.29) is 34.0 Å². The molecule has 0 fully saturated rings. The lowest BCUT2D eigenvalue weighted by atomic mass is 10.2. The fourth-order valence-corrected chi connectivity index (χ4v) is 2.57. The van der Waals surface area contributed by atoms with Crippen molar-refractivity contribution in [1.82, 2.24) is 0 Å². The van der Waals surface area contributed by atoms with Crippen molar-refractivity contribution in [2.75, 3.05) is 26.2 Å². The Bertz CT molecular complexity index is 88.7. The number of halogens is 2. The molecule has 0 unspecified atom stereocenters. The van der Waals surface area contributed by atoms with E-state index in [1.165, 1.54) is 56.3 Å². The van der Waals surface area contributed by atoms with E-state index < -0.39 is 0 Å². The molecule has 0 N–H and O–H groups in total. The van der Waals surface area contributed by atoms with Gasteiger partial charge in [0.05, 0.1) is 26.2 Å². The van der Waals surface area contributed by atoms with Crippen LogP contribution < -0.4 is 17.0 Å². The van der Waals surface area contributed by atoms with Crippen molar-refractivity contribution in [3.8, 4) is 0 Å². The van der Waals surface area contributed by atoms with Gasteiger partial charge in [0.2, 0.25) is 0 Å². The molecule has 0 aromatic carbocycles. The summed E-state index contributed by atoms with van der Waals surface area (Å²) in [5.74, 6) is 0. The zero-order valence-electron chi connectivity index (χ0n) is 10.9. The number of nitrogens with zero attached hydrogens (tertiary/aromatic N) is 1. The quantitative estimate of drug-likeness (QED) is 0.576. The van der Waals surface area contributed by atoms with E-state index in [0.29, 0.717) is 0 Å². The Kier molecular flexibility index (Phi) is 18.4. The van der Waals surface area contributed by atoms with Crippen LogP contribution in [0.1, 0.15) is 53.4 Å². The van der Waals surface area contributed by atoms with Gasteiger partial charge in [-0.05, 0) is 25.7 Å². The van der Waals surface area contributed by atoms with Crippen molar-refractivity contribution in [2.45, 2.75) is 53.4 Å². The van der Waals surface area contributed by atoms with Crippen LogP contribution in [-0.4, -0.2) is 30.7 Å². The number of quaternary nitrogens is 1. The average molecular weight is 347 g/mol. The van der Waals surface area contributed by atoms with Gasteiger partial charge in [-0.15, -0.1) is 17.0 Å². The molecule has 0 bridgehead atoms. The first-order chi connectivity index (χ1) is 6.24. The van der Waals surface area contributed by atoms with Crippen molar-refractivity contribution < 1.29 is 21.5 Å². The molecule has 0 aromatic rings. The normalized spacial score (nSPS) is 10.4. The molecule has 0 aliphatic rings. The molecule has 0 rings (SSSR count). The van der Waals surface area contributed by atoms with Gasteiger partial charge in [-0.3, -0.25) is 0 Å².